The van der Waals surface area contributed by atoms with E-state index in [2.05, 4.69) is 19.3 Å². The summed E-state index contributed by atoms with van der Waals surface area (Å²) in [5, 5.41) is 0. The van der Waals surface area contributed by atoms with E-state index in [1.807, 2.05) is 0 Å². The van der Waals surface area contributed by atoms with Crippen molar-refractivity contribution in [2.75, 3.05) is 0 Å². The molecule has 0 aliphatic heterocycles. The van der Waals surface area contributed by atoms with E-state index in [1.54, 1.807) is 30.3 Å². The first-order valence-electron chi connectivity index (χ1n) is 8.02. The summed E-state index contributed by atoms with van der Waals surface area (Å²) in [5.41, 5.74) is -5.43. The third-order valence-corrected chi connectivity index (χ3v) is 9.25. The van der Waals surface area contributed by atoms with Crippen LogP contribution < -0.4 is 0 Å². The molecule has 0 N–H and O–H groups in total. The van der Waals surface area contributed by atoms with Gasteiger partial charge in [-0.25, -0.2) is 0 Å². The van der Waals surface area contributed by atoms with Crippen molar-refractivity contribution in [3.05, 3.63) is 33.9 Å². The van der Waals surface area contributed by atoms with Crippen molar-refractivity contribution in [1.29, 1.82) is 0 Å². The summed E-state index contributed by atoms with van der Waals surface area (Å²) >= 11 is -3.26. The maximum absolute atomic E-state index is 12.6. The monoisotopic (exact) mass is 490 g/mol. The molecule has 0 aliphatic carbocycles. The second kappa shape index (κ2) is 11.0. The molecule has 1 aromatic rings. The first-order valence-corrected chi connectivity index (χ1v) is 12.5. The first-order chi connectivity index (χ1) is 11.8. The van der Waals surface area contributed by atoms with Crippen LogP contribution in [0.2, 0.25) is 0 Å². The van der Waals surface area contributed by atoms with Crippen LogP contribution in [0, 0.1) is 13.4 Å². The van der Waals surface area contributed by atoms with Gasteiger partial charge in [0.2, 0.25) is 0 Å². The Morgan fingerprint density at radius 3 is 2.24 bits per heavy atom. The maximum atomic E-state index is 12.6. The number of hydrogen-bond acceptors (Lipinski definition) is 3. The van der Waals surface area contributed by atoms with Gasteiger partial charge in [-0.05, 0) is 0 Å². The van der Waals surface area contributed by atoms with Crippen molar-refractivity contribution >= 4 is 30.4 Å². The molecule has 0 spiro atoms. The molecule has 0 saturated heterocycles. The Kier molecular flexibility index (Phi) is 9.82. The van der Waals surface area contributed by atoms with E-state index in [4.69, 9.17) is 0 Å². The number of halogens is 4. The van der Waals surface area contributed by atoms with E-state index in [0.717, 1.165) is 25.7 Å². The summed E-state index contributed by atoms with van der Waals surface area (Å²) in [4.78, 5) is 0. The normalized spacial score (nSPS) is 12.4. The Morgan fingerprint density at radius 2 is 1.64 bits per heavy atom. The number of unbranched alkanes of at least 4 members (excludes halogenated alkanes) is 6. The van der Waals surface area contributed by atoms with E-state index in [1.165, 1.54) is 12.8 Å². The van der Waals surface area contributed by atoms with Crippen LogP contribution in [0.15, 0.2) is 30.3 Å². The molecule has 0 unspecified atom stereocenters. The van der Waals surface area contributed by atoms with Gasteiger partial charge in [0, 0.05) is 0 Å². The van der Waals surface area contributed by atoms with Crippen molar-refractivity contribution in [2.24, 2.45) is 0 Å². The molecule has 0 atom stereocenters. The fourth-order valence-corrected chi connectivity index (χ4v) is 7.12. The Labute approximate surface area is 155 Å². The number of alkyl halides is 3. The SMILES string of the molecule is CCCCCCCCC#CI(OS(=O)(=O)C(F)(F)F)c1ccccc1. The molecule has 1 aromatic carbocycles. The van der Waals surface area contributed by atoms with Crippen molar-refractivity contribution in [3.63, 3.8) is 0 Å². The van der Waals surface area contributed by atoms with Crippen molar-refractivity contribution < 1.29 is 24.1 Å². The minimum atomic E-state index is -5.64. The summed E-state index contributed by atoms with van der Waals surface area (Å²) < 4.78 is 67.9. The quantitative estimate of drug-likeness (QED) is 0.189. The fourth-order valence-electron chi connectivity index (χ4n) is 1.86. The topological polar surface area (TPSA) is 43.4 Å². The van der Waals surface area contributed by atoms with E-state index in [0.29, 0.717) is 9.99 Å². The summed E-state index contributed by atoms with van der Waals surface area (Å²) in [5.74, 6) is 2.81. The summed E-state index contributed by atoms with van der Waals surface area (Å²) in [6.07, 6.45) is 7.02. The second-order valence-electron chi connectivity index (χ2n) is 5.30. The number of hydrogen-bond donors (Lipinski definition) is 0. The van der Waals surface area contributed by atoms with E-state index < -0.39 is 35.9 Å². The number of rotatable bonds is 9. The number of benzene rings is 1. The first kappa shape index (κ1) is 22.3. The zero-order valence-corrected chi connectivity index (χ0v) is 17.0. The van der Waals surface area contributed by atoms with Crippen LogP contribution in [0.4, 0.5) is 13.2 Å². The van der Waals surface area contributed by atoms with Gasteiger partial charge in [-0.2, -0.15) is 0 Å². The van der Waals surface area contributed by atoms with Crippen LogP contribution >= 0.6 is 20.2 Å². The van der Waals surface area contributed by atoms with Crippen LogP contribution in [0.5, 0.6) is 0 Å². The predicted molar refractivity (Wildman–Crippen MR) is 101 cm³/mol. The van der Waals surface area contributed by atoms with Crippen LogP contribution in [-0.4, -0.2) is 13.9 Å². The van der Waals surface area contributed by atoms with E-state index in [-0.39, 0.29) is 0 Å². The molecule has 8 heteroatoms. The standard InChI is InChI=1S/C17H22F3IO3S/c1-2-3-4-5-6-7-8-12-15-21(16-13-10-9-11-14-16)24-25(22,23)17(18,19)20/h9-11,13-14H,2-8H2,1H3. The van der Waals surface area contributed by atoms with Gasteiger partial charge in [-0.3, -0.25) is 0 Å². The van der Waals surface area contributed by atoms with E-state index in [9.17, 15) is 21.6 Å². The zero-order chi connectivity index (χ0) is 18.8. The Hall–Kier alpha value is -0.790. The minimum absolute atomic E-state index is 0.426. The van der Waals surface area contributed by atoms with Gasteiger partial charge >= 0.3 is 156 Å². The van der Waals surface area contributed by atoms with Crippen LogP contribution in [-0.2, 0) is 12.6 Å². The molecule has 0 heterocycles. The molecule has 142 valence electrons. The second-order valence-corrected chi connectivity index (χ2v) is 11.1. The van der Waals surface area contributed by atoms with E-state index >= 15 is 0 Å². The molecule has 0 fully saturated rings. The molecule has 0 amide bonds. The molecular formula is C17H22F3IO3S. The van der Waals surface area contributed by atoms with Crippen LogP contribution in [0.1, 0.15) is 51.9 Å². The molecule has 0 radical (unpaired) electrons. The van der Waals surface area contributed by atoms with Gasteiger partial charge in [-0.15, -0.1) is 0 Å². The molecule has 0 aliphatic rings. The van der Waals surface area contributed by atoms with Crippen molar-refractivity contribution in [2.45, 2.75) is 57.4 Å². The third kappa shape index (κ3) is 8.42. The fraction of sp³-hybridized carbons (Fsp3) is 0.529. The van der Waals surface area contributed by atoms with Gasteiger partial charge in [0.1, 0.15) is 0 Å². The molecule has 0 saturated carbocycles. The Morgan fingerprint density at radius 1 is 1.04 bits per heavy atom. The average Bonchev–Trinajstić information content (AvgIpc) is 2.56. The zero-order valence-electron chi connectivity index (χ0n) is 14.0. The molecule has 3 nitrogen and oxygen atoms in total. The van der Waals surface area contributed by atoms with Crippen molar-refractivity contribution in [3.8, 4) is 9.85 Å². The van der Waals surface area contributed by atoms with Gasteiger partial charge in [-0.1, -0.05) is 0 Å². The Bertz CT molecular complexity index is 664. The van der Waals surface area contributed by atoms with Gasteiger partial charge < -0.3 is 0 Å². The van der Waals surface area contributed by atoms with Gasteiger partial charge in [0.05, 0.1) is 0 Å². The molecule has 25 heavy (non-hydrogen) atoms. The van der Waals surface area contributed by atoms with Crippen LogP contribution in [0.3, 0.4) is 0 Å². The van der Waals surface area contributed by atoms with Crippen LogP contribution in [0.25, 0.3) is 0 Å². The third-order valence-electron chi connectivity index (χ3n) is 3.17. The molecule has 0 bridgehead atoms. The summed E-state index contributed by atoms with van der Waals surface area (Å²) in [6, 6.07) is 8.05. The summed E-state index contributed by atoms with van der Waals surface area (Å²) in [7, 11) is -5.64. The Balaban J connectivity index is 2.70. The van der Waals surface area contributed by atoms with Gasteiger partial charge in [0.25, 0.3) is 0 Å². The molecule has 1 rings (SSSR count). The molecular weight excluding hydrogens is 468 g/mol. The van der Waals surface area contributed by atoms with Crippen molar-refractivity contribution in [1.82, 2.24) is 0 Å². The summed E-state index contributed by atoms with van der Waals surface area (Å²) in [6.45, 7) is 2.13. The predicted octanol–water partition coefficient (Wildman–Crippen LogP) is 5.86. The molecule has 0 aromatic heterocycles. The average molecular weight is 490 g/mol. The van der Waals surface area contributed by atoms with Gasteiger partial charge in [0.15, 0.2) is 0 Å².